The maximum atomic E-state index is 11.9. The molecule has 2 rings (SSSR count). The highest BCUT2D eigenvalue weighted by Gasteiger charge is 2.48. The van der Waals surface area contributed by atoms with Crippen LogP contribution in [0.4, 0.5) is 4.79 Å². The van der Waals surface area contributed by atoms with Crippen molar-refractivity contribution in [3.05, 3.63) is 21.9 Å². The van der Waals surface area contributed by atoms with Crippen molar-refractivity contribution >= 4 is 23.3 Å². The molecule has 1 saturated carbocycles. The molecule has 2 amide bonds. The van der Waals surface area contributed by atoms with Gasteiger partial charge in [0.05, 0.1) is 6.54 Å². The first-order valence-corrected chi connectivity index (χ1v) is 7.64. The third kappa shape index (κ3) is 3.30. The number of thiophene rings is 1. The fourth-order valence-corrected chi connectivity index (χ4v) is 3.04. The zero-order chi connectivity index (χ0) is 14.8. The minimum absolute atomic E-state index is 0.0409. The van der Waals surface area contributed by atoms with Gasteiger partial charge in [-0.05, 0) is 44.2 Å². The third-order valence-corrected chi connectivity index (χ3v) is 4.93. The highest BCUT2D eigenvalue weighted by Crippen LogP contribution is 2.39. The van der Waals surface area contributed by atoms with E-state index in [1.165, 1.54) is 4.88 Å². The number of carboxylic acids is 1. The molecule has 1 aromatic heterocycles. The first kappa shape index (κ1) is 14.8. The molecule has 1 unspecified atom stereocenters. The number of hydrogen-bond donors (Lipinski definition) is 3. The molecule has 20 heavy (non-hydrogen) atoms. The Balaban J connectivity index is 1.87. The molecule has 1 fully saturated rings. The molecule has 1 aliphatic carbocycles. The van der Waals surface area contributed by atoms with Crippen LogP contribution in [0.15, 0.2) is 12.1 Å². The molecular formula is C14H20N2O3S. The van der Waals surface area contributed by atoms with E-state index >= 15 is 0 Å². The minimum atomic E-state index is -1.16. The molecule has 0 aliphatic heterocycles. The van der Waals surface area contributed by atoms with Gasteiger partial charge in [0.15, 0.2) is 0 Å². The van der Waals surface area contributed by atoms with Crippen molar-refractivity contribution in [2.75, 3.05) is 0 Å². The summed E-state index contributed by atoms with van der Waals surface area (Å²) >= 11 is 1.66. The predicted octanol–water partition coefficient (Wildman–Crippen LogP) is 2.36. The lowest BCUT2D eigenvalue weighted by atomic mass is 9.96. The first-order valence-electron chi connectivity index (χ1n) is 6.82. The Hall–Kier alpha value is -1.56. The lowest BCUT2D eigenvalue weighted by Crippen LogP contribution is -2.56. The van der Waals surface area contributed by atoms with Crippen molar-refractivity contribution in [2.24, 2.45) is 5.92 Å². The molecule has 0 aromatic carbocycles. The van der Waals surface area contributed by atoms with Crippen LogP contribution in [0.1, 0.15) is 36.4 Å². The molecule has 1 atom stereocenters. The van der Waals surface area contributed by atoms with E-state index in [-0.39, 0.29) is 5.92 Å². The van der Waals surface area contributed by atoms with Crippen LogP contribution in [-0.4, -0.2) is 22.6 Å². The molecule has 0 saturated heterocycles. The number of aryl methyl sites for hydroxylation is 1. The fourth-order valence-electron chi connectivity index (χ4n) is 2.15. The van der Waals surface area contributed by atoms with Crippen LogP contribution >= 0.6 is 11.3 Å². The summed E-state index contributed by atoms with van der Waals surface area (Å²) in [6, 6.07) is 3.61. The second-order valence-corrected chi connectivity index (χ2v) is 6.56. The van der Waals surface area contributed by atoms with Gasteiger partial charge in [0.2, 0.25) is 0 Å². The molecule has 3 N–H and O–H groups in total. The van der Waals surface area contributed by atoms with Gasteiger partial charge in [0, 0.05) is 9.75 Å². The van der Waals surface area contributed by atoms with Crippen molar-refractivity contribution in [1.82, 2.24) is 10.6 Å². The van der Waals surface area contributed by atoms with Crippen LogP contribution < -0.4 is 10.6 Å². The van der Waals surface area contributed by atoms with Crippen LogP contribution in [0.5, 0.6) is 0 Å². The van der Waals surface area contributed by atoms with Gasteiger partial charge in [0.25, 0.3) is 0 Å². The summed E-state index contributed by atoms with van der Waals surface area (Å²) in [6.07, 6.45) is 2.69. The molecule has 0 radical (unpaired) electrons. The quantitative estimate of drug-likeness (QED) is 0.754. The van der Waals surface area contributed by atoms with Gasteiger partial charge in [-0.3, -0.25) is 0 Å². The standard InChI is InChI=1S/C14H20N2O3S/c1-3-10-6-7-11(20-10)8-15-13(19)16-14(2,12(17)18)9-4-5-9/h6-7,9H,3-5,8H2,1-2H3,(H,17,18)(H2,15,16,19). The third-order valence-electron chi connectivity index (χ3n) is 3.70. The summed E-state index contributed by atoms with van der Waals surface area (Å²) in [5, 5.41) is 14.6. The molecule has 5 nitrogen and oxygen atoms in total. The van der Waals surface area contributed by atoms with Crippen molar-refractivity contribution in [2.45, 2.75) is 45.2 Å². The number of hydrogen-bond acceptors (Lipinski definition) is 3. The maximum Gasteiger partial charge on any atom is 0.329 e. The van der Waals surface area contributed by atoms with E-state index in [0.717, 1.165) is 24.1 Å². The Morgan fingerprint density at radius 3 is 2.55 bits per heavy atom. The summed E-state index contributed by atoms with van der Waals surface area (Å²) in [7, 11) is 0. The predicted molar refractivity (Wildman–Crippen MR) is 77.8 cm³/mol. The van der Waals surface area contributed by atoms with E-state index in [0.29, 0.717) is 6.54 Å². The maximum absolute atomic E-state index is 11.9. The number of carbonyl (C=O) groups excluding carboxylic acids is 1. The number of urea groups is 1. The number of nitrogens with one attached hydrogen (secondary N) is 2. The Morgan fingerprint density at radius 2 is 2.05 bits per heavy atom. The van der Waals surface area contributed by atoms with Gasteiger partial charge in [-0.15, -0.1) is 11.3 Å². The van der Waals surface area contributed by atoms with Gasteiger partial charge in [-0.2, -0.15) is 0 Å². The van der Waals surface area contributed by atoms with Crippen molar-refractivity contribution in [3.63, 3.8) is 0 Å². The highest BCUT2D eigenvalue weighted by atomic mass is 32.1. The van der Waals surface area contributed by atoms with Gasteiger partial charge in [-0.25, -0.2) is 9.59 Å². The Bertz CT molecular complexity index is 510. The highest BCUT2D eigenvalue weighted by molar-refractivity contribution is 7.11. The smallest absolute Gasteiger partial charge is 0.329 e. The van der Waals surface area contributed by atoms with Gasteiger partial charge in [0.1, 0.15) is 5.54 Å². The fraction of sp³-hybridized carbons (Fsp3) is 0.571. The SMILES string of the molecule is CCc1ccc(CNC(=O)NC(C)(C(=O)O)C2CC2)s1. The van der Waals surface area contributed by atoms with Crippen LogP contribution in [-0.2, 0) is 17.8 Å². The Kier molecular flexibility index (Phi) is 4.32. The van der Waals surface area contributed by atoms with Gasteiger partial charge in [-0.1, -0.05) is 6.92 Å². The molecule has 0 spiro atoms. The van der Waals surface area contributed by atoms with Crippen LogP contribution in [0, 0.1) is 5.92 Å². The van der Waals surface area contributed by atoms with Crippen molar-refractivity contribution in [3.8, 4) is 0 Å². The van der Waals surface area contributed by atoms with Gasteiger partial charge < -0.3 is 15.7 Å². The lowest BCUT2D eigenvalue weighted by Gasteiger charge is -2.26. The summed E-state index contributed by atoms with van der Waals surface area (Å²) in [5.41, 5.74) is -1.16. The number of carboxylic acid groups (broad SMARTS) is 1. The zero-order valence-electron chi connectivity index (χ0n) is 11.7. The molecule has 110 valence electrons. The summed E-state index contributed by atoms with van der Waals surface area (Å²) < 4.78 is 0. The van der Waals surface area contributed by atoms with E-state index in [2.05, 4.69) is 17.6 Å². The molecule has 0 bridgehead atoms. The average molecular weight is 296 g/mol. The molecule has 1 aliphatic rings. The summed E-state index contributed by atoms with van der Waals surface area (Å²) in [4.78, 5) is 25.5. The largest absolute Gasteiger partial charge is 0.480 e. The van der Waals surface area contributed by atoms with Crippen LogP contribution in [0.2, 0.25) is 0 Å². The van der Waals surface area contributed by atoms with E-state index in [9.17, 15) is 14.7 Å². The van der Waals surface area contributed by atoms with E-state index in [4.69, 9.17) is 0 Å². The zero-order valence-corrected chi connectivity index (χ0v) is 12.5. The summed E-state index contributed by atoms with van der Waals surface area (Å²) in [6.45, 7) is 4.09. The minimum Gasteiger partial charge on any atom is -0.480 e. The number of rotatable bonds is 6. The lowest BCUT2D eigenvalue weighted by molar-refractivity contribution is -0.144. The number of amides is 2. The first-order chi connectivity index (χ1) is 9.45. The summed E-state index contributed by atoms with van der Waals surface area (Å²) in [5.74, 6) is -0.932. The molecular weight excluding hydrogens is 276 g/mol. The topological polar surface area (TPSA) is 78.4 Å². The molecule has 6 heteroatoms. The van der Waals surface area contributed by atoms with Crippen LogP contribution in [0.25, 0.3) is 0 Å². The van der Waals surface area contributed by atoms with Gasteiger partial charge >= 0.3 is 12.0 Å². The van der Waals surface area contributed by atoms with E-state index in [1.807, 2.05) is 12.1 Å². The van der Waals surface area contributed by atoms with E-state index < -0.39 is 17.5 Å². The normalized spacial score (nSPS) is 17.3. The molecule has 1 aromatic rings. The molecule has 1 heterocycles. The second kappa shape index (κ2) is 5.83. The van der Waals surface area contributed by atoms with Crippen molar-refractivity contribution < 1.29 is 14.7 Å². The van der Waals surface area contributed by atoms with Crippen LogP contribution in [0.3, 0.4) is 0 Å². The Labute approximate surface area is 122 Å². The second-order valence-electron chi connectivity index (χ2n) is 5.31. The number of carbonyl (C=O) groups is 2. The monoisotopic (exact) mass is 296 g/mol. The van der Waals surface area contributed by atoms with Crippen molar-refractivity contribution in [1.29, 1.82) is 0 Å². The number of aliphatic carboxylic acids is 1. The Morgan fingerprint density at radius 1 is 1.40 bits per heavy atom. The van der Waals surface area contributed by atoms with E-state index in [1.54, 1.807) is 18.3 Å². The average Bonchev–Trinajstić information content (AvgIpc) is 3.16.